The summed E-state index contributed by atoms with van der Waals surface area (Å²) in [6.45, 7) is 1.97. The molecule has 17 heavy (non-hydrogen) atoms. The van der Waals surface area contributed by atoms with E-state index in [0.717, 1.165) is 25.3 Å². The van der Waals surface area contributed by atoms with E-state index in [4.69, 9.17) is 10.5 Å². The molecule has 1 aromatic rings. The second-order valence-electron chi connectivity index (χ2n) is 4.40. The Hall–Kier alpha value is -1.13. The van der Waals surface area contributed by atoms with E-state index < -0.39 is 0 Å². The first-order valence-electron chi connectivity index (χ1n) is 6.02. The Bertz CT molecular complexity index is 378. The first kappa shape index (κ1) is 12.3. The standard InChI is InChI=1S/C13H19FN2O/c1-16(10-6-8-17-9-10)13-4-2-3-12(14)11(13)5-7-15/h2-4,10H,5-9,15H2,1H3. The van der Waals surface area contributed by atoms with Gasteiger partial charge in [0.05, 0.1) is 12.6 Å². The number of benzene rings is 1. The second kappa shape index (κ2) is 5.47. The number of hydrogen-bond donors (Lipinski definition) is 1. The van der Waals surface area contributed by atoms with Crippen molar-refractivity contribution in [2.75, 3.05) is 31.7 Å². The zero-order valence-electron chi connectivity index (χ0n) is 10.2. The van der Waals surface area contributed by atoms with E-state index in [-0.39, 0.29) is 5.82 Å². The van der Waals surface area contributed by atoms with Crippen LogP contribution in [-0.2, 0) is 11.2 Å². The highest BCUT2D eigenvalue weighted by Gasteiger charge is 2.22. The molecule has 0 amide bonds. The molecule has 0 saturated carbocycles. The van der Waals surface area contributed by atoms with Gasteiger partial charge in [-0.05, 0) is 31.5 Å². The molecule has 0 spiro atoms. The molecular weight excluding hydrogens is 219 g/mol. The monoisotopic (exact) mass is 238 g/mol. The number of likely N-dealkylation sites (N-methyl/N-ethyl adjacent to an activating group) is 1. The van der Waals surface area contributed by atoms with Gasteiger partial charge < -0.3 is 15.4 Å². The summed E-state index contributed by atoms with van der Waals surface area (Å²) in [5, 5.41) is 0. The van der Waals surface area contributed by atoms with Crippen LogP contribution in [0.1, 0.15) is 12.0 Å². The van der Waals surface area contributed by atoms with Crippen LogP contribution in [0.25, 0.3) is 0 Å². The molecule has 0 radical (unpaired) electrons. The fraction of sp³-hybridized carbons (Fsp3) is 0.538. The summed E-state index contributed by atoms with van der Waals surface area (Å²) >= 11 is 0. The Morgan fingerprint density at radius 1 is 1.53 bits per heavy atom. The van der Waals surface area contributed by atoms with Crippen molar-refractivity contribution in [3.05, 3.63) is 29.6 Å². The second-order valence-corrected chi connectivity index (χ2v) is 4.40. The van der Waals surface area contributed by atoms with E-state index in [2.05, 4.69) is 4.90 Å². The number of nitrogens with two attached hydrogens (primary N) is 1. The Morgan fingerprint density at radius 2 is 2.35 bits per heavy atom. The molecule has 1 fully saturated rings. The molecule has 2 N–H and O–H groups in total. The molecule has 0 aliphatic carbocycles. The largest absolute Gasteiger partial charge is 0.379 e. The molecule has 4 heteroatoms. The lowest BCUT2D eigenvalue weighted by molar-refractivity contribution is 0.193. The van der Waals surface area contributed by atoms with Gasteiger partial charge in [-0.2, -0.15) is 0 Å². The first-order valence-corrected chi connectivity index (χ1v) is 6.02. The lowest BCUT2D eigenvalue weighted by Gasteiger charge is -2.27. The SMILES string of the molecule is CN(c1cccc(F)c1CCN)C1CCOC1. The van der Waals surface area contributed by atoms with Gasteiger partial charge in [0.1, 0.15) is 5.82 Å². The van der Waals surface area contributed by atoms with E-state index in [1.165, 1.54) is 6.07 Å². The summed E-state index contributed by atoms with van der Waals surface area (Å²) in [5.41, 5.74) is 7.19. The molecule has 0 aromatic heterocycles. The molecule has 3 nitrogen and oxygen atoms in total. The number of halogens is 1. The van der Waals surface area contributed by atoms with Crippen molar-refractivity contribution >= 4 is 5.69 Å². The molecule has 1 unspecified atom stereocenters. The van der Waals surface area contributed by atoms with Crippen LogP contribution >= 0.6 is 0 Å². The van der Waals surface area contributed by atoms with Crippen molar-refractivity contribution in [3.8, 4) is 0 Å². The average Bonchev–Trinajstić information content (AvgIpc) is 2.85. The van der Waals surface area contributed by atoms with Crippen molar-refractivity contribution < 1.29 is 9.13 Å². The maximum atomic E-state index is 13.8. The van der Waals surface area contributed by atoms with Crippen molar-refractivity contribution in [2.24, 2.45) is 5.73 Å². The maximum absolute atomic E-state index is 13.8. The molecule has 94 valence electrons. The molecule has 1 aliphatic heterocycles. The van der Waals surface area contributed by atoms with Gasteiger partial charge in [0.15, 0.2) is 0 Å². The molecule has 0 bridgehead atoms. The third-order valence-corrected chi connectivity index (χ3v) is 3.32. The summed E-state index contributed by atoms with van der Waals surface area (Å²) in [6, 6.07) is 5.53. The molecule has 1 aromatic carbocycles. The predicted octanol–water partition coefficient (Wildman–Crippen LogP) is 1.55. The summed E-state index contributed by atoms with van der Waals surface area (Å²) in [7, 11) is 1.99. The minimum atomic E-state index is -0.168. The number of rotatable bonds is 4. The van der Waals surface area contributed by atoms with E-state index in [1.807, 2.05) is 13.1 Å². The topological polar surface area (TPSA) is 38.5 Å². The zero-order chi connectivity index (χ0) is 12.3. The van der Waals surface area contributed by atoms with E-state index in [9.17, 15) is 4.39 Å². The van der Waals surface area contributed by atoms with Crippen LogP contribution in [0.4, 0.5) is 10.1 Å². The van der Waals surface area contributed by atoms with Gasteiger partial charge >= 0.3 is 0 Å². The van der Waals surface area contributed by atoms with Crippen LogP contribution in [0.3, 0.4) is 0 Å². The van der Waals surface area contributed by atoms with Gasteiger partial charge in [-0.1, -0.05) is 6.07 Å². The number of nitrogens with zero attached hydrogens (tertiary/aromatic N) is 1. The Labute approximate surface area is 101 Å². The molecule has 1 atom stereocenters. The lowest BCUT2D eigenvalue weighted by atomic mass is 10.1. The van der Waals surface area contributed by atoms with Crippen molar-refractivity contribution in [1.82, 2.24) is 0 Å². The van der Waals surface area contributed by atoms with E-state index >= 15 is 0 Å². The van der Waals surface area contributed by atoms with Gasteiger partial charge in [-0.3, -0.25) is 0 Å². The summed E-state index contributed by atoms with van der Waals surface area (Å²) in [6.07, 6.45) is 1.56. The molecule has 1 aliphatic rings. The average molecular weight is 238 g/mol. The minimum absolute atomic E-state index is 0.168. The van der Waals surface area contributed by atoms with Gasteiger partial charge in [-0.15, -0.1) is 0 Å². The smallest absolute Gasteiger partial charge is 0.128 e. The zero-order valence-corrected chi connectivity index (χ0v) is 10.2. The fourth-order valence-corrected chi connectivity index (χ4v) is 2.29. The maximum Gasteiger partial charge on any atom is 0.128 e. The summed E-state index contributed by atoms with van der Waals surface area (Å²) in [4.78, 5) is 2.11. The van der Waals surface area contributed by atoms with Crippen LogP contribution < -0.4 is 10.6 Å². The Kier molecular flexibility index (Phi) is 3.97. The fourth-order valence-electron chi connectivity index (χ4n) is 2.29. The molecule has 1 heterocycles. The number of ether oxygens (including phenoxy) is 1. The normalized spacial score (nSPS) is 19.6. The van der Waals surface area contributed by atoms with Gasteiger partial charge in [-0.25, -0.2) is 4.39 Å². The van der Waals surface area contributed by atoms with Gasteiger partial charge in [0.25, 0.3) is 0 Å². The van der Waals surface area contributed by atoms with Crippen molar-refractivity contribution in [2.45, 2.75) is 18.9 Å². The first-order chi connectivity index (χ1) is 8.24. The third kappa shape index (κ3) is 2.58. The highest BCUT2D eigenvalue weighted by molar-refractivity contribution is 5.54. The quantitative estimate of drug-likeness (QED) is 0.865. The van der Waals surface area contributed by atoms with Crippen LogP contribution in [0, 0.1) is 5.82 Å². The highest BCUT2D eigenvalue weighted by Crippen LogP contribution is 2.26. The van der Waals surface area contributed by atoms with E-state index in [1.54, 1.807) is 6.07 Å². The van der Waals surface area contributed by atoms with Crippen LogP contribution in [-0.4, -0.2) is 32.8 Å². The van der Waals surface area contributed by atoms with Gasteiger partial charge in [0.2, 0.25) is 0 Å². The summed E-state index contributed by atoms with van der Waals surface area (Å²) < 4.78 is 19.1. The third-order valence-electron chi connectivity index (χ3n) is 3.32. The summed E-state index contributed by atoms with van der Waals surface area (Å²) in [5.74, 6) is -0.168. The predicted molar refractivity (Wildman–Crippen MR) is 66.8 cm³/mol. The minimum Gasteiger partial charge on any atom is -0.379 e. The number of anilines is 1. The van der Waals surface area contributed by atoms with Crippen LogP contribution in [0.15, 0.2) is 18.2 Å². The number of hydrogen-bond acceptors (Lipinski definition) is 3. The van der Waals surface area contributed by atoms with Crippen molar-refractivity contribution in [3.63, 3.8) is 0 Å². The molecular formula is C13H19FN2O. The molecule has 2 rings (SSSR count). The molecule has 1 saturated heterocycles. The lowest BCUT2D eigenvalue weighted by Crippen LogP contribution is -2.32. The van der Waals surface area contributed by atoms with Crippen LogP contribution in [0.2, 0.25) is 0 Å². The van der Waals surface area contributed by atoms with Gasteiger partial charge in [0, 0.05) is 24.9 Å². The Balaban J connectivity index is 2.26. The Morgan fingerprint density at radius 3 is 3.00 bits per heavy atom. The van der Waals surface area contributed by atoms with Crippen LogP contribution in [0.5, 0.6) is 0 Å². The van der Waals surface area contributed by atoms with Crippen molar-refractivity contribution in [1.29, 1.82) is 0 Å². The van der Waals surface area contributed by atoms with E-state index in [0.29, 0.717) is 24.6 Å². The highest BCUT2D eigenvalue weighted by atomic mass is 19.1.